The topological polar surface area (TPSA) is 155 Å². The van der Waals surface area contributed by atoms with E-state index < -0.39 is 0 Å². The van der Waals surface area contributed by atoms with Gasteiger partial charge in [-0.3, -0.25) is 0 Å². The predicted molar refractivity (Wildman–Crippen MR) is 470 cm³/mol. The summed E-state index contributed by atoms with van der Waals surface area (Å²) >= 11 is 6.88. The van der Waals surface area contributed by atoms with Crippen molar-refractivity contribution in [1.82, 2.24) is 49.8 Å². The summed E-state index contributed by atoms with van der Waals surface area (Å²) < 4.78 is 22.3. The van der Waals surface area contributed by atoms with Gasteiger partial charge in [0.25, 0.3) is 0 Å². The van der Waals surface area contributed by atoms with Crippen LogP contribution in [0.5, 0.6) is 0 Å². The Labute approximate surface area is 664 Å². The molecule has 0 spiro atoms. The number of para-hydroxylation sites is 2. The molecule has 0 amide bonds. The molecule has 0 fully saturated rings. The van der Waals surface area contributed by atoms with Crippen LogP contribution in [0.3, 0.4) is 0 Å². The normalized spacial score (nSPS) is 12.0. The molecule has 14 aromatic carbocycles. The number of furan rings is 2. The van der Waals surface area contributed by atoms with Crippen LogP contribution in [0.25, 0.3) is 250 Å². The van der Waals surface area contributed by atoms with Crippen LogP contribution in [0.15, 0.2) is 324 Å². The van der Waals surface area contributed by atoms with Gasteiger partial charge in [0.15, 0.2) is 46.6 Å². The molecule has 10 aromatic heterocycles. The van der Waals surface area contributed by atoms with Crippen LogP contribution in [-0.4, -0.2) is 49.8 Å². The van der Waals surface area contributed by atoms with Gasteiger partial charge in [0, 0.05) is 138 Å². The highest BCUT2D eigenvalue weighted by Gasteiger charge is 2.28. The van der Waals surface area contributed by atoms with E-state index in [2.05, 4.69) is 224 Å². The van der Waals surface area contributed by atoms with Crippen molar-refractivity contribution in [2.75, 3.05) is 0 Å². The van der Waals surface area contributed by atoms with Crippen LogP contribution >= 0.6 is 45.3 Å². The summed E-state index contributed by atoms with van der Waals surface area (Å²) in [5, 5.41) is 10.5. The summed E-state index contributed by atoms with van der Waals surface area (Å²) in [6.07, 6.45) is 0. The molecular weight excluding hydrogens is 1480 g/mol. The Bertz CT molecular complexity index is 8090. The molecule has 0 atom stereocenters. The van der Waals surface area contributed by atoms with E-state index in [1.807, 2.05) is 91.0 Å². The Morgan fingerprint density at radius 2 is 0.588 bits per heavy atom. The molecule has 0 aliphatic heterocycles. The quantitative estimate of drug-likeness (QED) is 0.121. The number of nitrogens with zero attached hydrogens (tertiary/aromatic N) is 10. The number of rotatable bonds is 11. The standard InChI is InChI=1S/C98H52N10O2S4/c1-4-23-53(24-5-1)91-103-92(54-25-6-2-7-26-54)106-95(105-91)67-38-21-47-77-80(67)66-37-19-42-71(88(66)114-77)98-101-84-63-33-12-15-46-76(63)112-90(84)85(102-98)69-40-17-35-64-79-59(34-20-44-73(79)110-86(64)69)56-29-16-30-58(51-56)94-104-93(55-27-8-3-9-28-55)107-96(108-94)68-39-22-48-78-81(68)65-36-18-41-70(87(65)113-78)97-99-82(89-83(100-97)62-32-11-14-45-75(62)111-89)57-49-50-61-60-31-10-13-43-72(60)109-74(61)52-57/h1-52H. The van der Waals surface area contributed by atoms with Crippen molar-refractivity contribution >= 4 is 170 Å². The summed E-state index contributed by atoms with van der Waals surface area (Å²) in [5.74, 6) is 4.74. The van der Waals surface area contributed by atoms with Gasteiger partial charge in [0.1, 0.15) is 22.3 Å². The van der Waals surface area contributed by atoms with Crippen molar-refractivity contribution in [1.29, 1.82) is 0 Å². The molecule has 530 valence electrons. The number of fused-ring (bicyclic) bond motifs is 18. The van der Waals surface area contributed by atoms with Gasteiger partial charge in [-0.2, -0.15) is 0 Å². The second kappa shape index (κ2) is 25.7. The fourth-order valence-electron chi connectivity index (χ4n) is 16.5. The lowest BCUT2D eigenvalue weighted by molar-refractivity contribution is 0.669. The first kappa shape index (κ1) is 64.5. The van der Waals surface area contributed by atoms with E-state index in [4.69, 9.17) is 58.7 Å². The molecule has 16 heteroatoms. The van der Waals surface area contributed by atoms with E-state index in [0.29, 0.717) is 46.6 Å². The van der Waals surface area contributed by atoms with Crippen LogP contribution in [0, 0.1) is 0 Å². The molecule has 0 bridgehead atoms. The average Bonchev–Trinajstić information content (AvgIpc) is 1.58. The summed E-state index contributed by atoms with van der Waals surface area (Å²) in [7, 11) is 0. The molecule has 114 heavy (non-hydrogen) atoms. The zero-order chi connectivity index (χ0) is 74.6. The fraction of sp³-hybridized carbons (Fsp3) is 0. The molecule has 0 saturated carbocycles. The van der Waals surface area contributed by atoms with Gasteiger partial charge in [-0.15, -0.1) is 45.3 Å². The van der Waals surface area contributed by atoms with Crippen LogP contribution < -0.4 is 0 Å². The number of hydrogen-bond donors (Lipinski definition) is 0. The first-order valence-electron chi connectivity index (χ1n) is 37.4. The third-order valence-corrected chi connectivity index (χ3v) is 26.4. The Morgan fingerprint density at radius 3 is 1.18 bits per heavy atom. The van der Waals surface area contributed by atoms with E-state index in [1.165, 1.54) is 0 Å². The van der Waals surface area contributed by atoms with Gasteiger partial charge in [-0.25, -0.2) is 49.8 Å². The summed E-state index contributed by atoms with van der Waals surface area (Å²) in [6, 6.07) is 109. The minimum Gasteiger partial charge on any atom is -0.456 e. The van der Waals surface area contributed by atoms with E-state index in [9.17, 15) is 0 Å². The molecular formula is C98H52N10O2S4. The molecule has 0 saturated heterocycles. The minimum absolute atomic E-state index is 0.541. The second-order valence-corrected chi connectivity index (χ2v) is 32.5. The highest BCUT2D eigenvalue weighted by atomic mass is 32.1. The molecule has 0 aliphatic carbocycles. The number of thiophene rings is 4. The van der Waals surface area contributed by atoms with Crippen LogP contribution in [0.2, 0.25) is 0 Å². The van der Waals surface area contributed by atoms with Crippen LogP contribution in [0.1, 0.15) is 0 Å². The van der Waals surface area contributed by atoms with Crippen molar-refractivity contribution in [3.63, 3.8) is 0 Å². The average molecular weight is 1530 g/mol. The molecule has 0 aliphatic rings. The first-order valence-corrected chi connectivity index (χ1v) is 40.7. The van der Waals surface area contributed by atoms with Crippen molar-refractivity contribution in [2.45, 2.75) is 0 Å². The van der Waals surface area contributed by atoms with Crippen molar-refractivity contribution in [3.05, 3.63) is 315 Å². The van der Waals surface area contributed by atoms with E-state index in [1.54, 1.807) is 45.3 Å². The predicted octanol–water partition coefficient (Wildman–Crippen LogP) is 27.2. The number of aromatic nitrogens is 10. The fourth-order valence-corrected chi connectivity index (χ4v) is 21.2. The Kier molecular flexibility index (Phi) is 14.5. The lowest BCUT2D eigenvalue weighted by Gasteiger charge is -2.11. The lowest BCUT2D eigenvalue weighted by Crippen LogP contribution is -2.00. The smallest absolute Gasteiger partial charge is 0.164 e. The van der Waals surface area contributed by atoms with E-state index in [-0.39, 0.29) is 0 Å². The Balaban J connectivity index is 0.625. The largest absolute Gasteiger partial charge is 0.456 e. The molecule has 0 N–H and O–H groups in total. The maximum Gasteiger partial charge on any atom is 0.164 e. The van der Waals surface area contributed by atoms with Gasteiger partial charge >= 0.3 is 0 Å². The highest BCUT2D eigenvalue weighted by molar-refractivity contribution is 7.27. The molecule has 24 aromatic rings. The number of benzene rings is 14. The van der Waals surface area contributed by atoms with Crippen LogP contribution in [0.4, 0.5) is 0 Å². The molecule has 0 unspecified atom stereocenters. The molecule has 24 rings (SSSR count). The van der Waals surface area contributed by atoms with Gasteiger partial charge in [-0.1, -0.05) is 243 Å². The Morgan fingerprint density at radius 1 is 0.193 bits per heavy atom. The lowest BCUT2D eigenvalue weighted by atomic mass is 9.97. The van der Waals surface area contributed by atoms with Crippen molar-refractivity contribution in [3.8, 4) is 125 Å². The number of hydrogen-bond acceptors (Lipinski definition) is 16. The first-order chi connectivity index (χ1) is 56.5. The summed E-state index contributed by atoms with van der Waals surface area (Å²) in [5.41, 5.74) is 17.6. The van der Waals surface area contributed by atoms with Gasteiger partial charge in [0.05, 0.1) is 31.8 Å². The van der Waals surface area contributed by atoms with E-state index >= 15 is 0 Å². The second-order valence-electron chi connectivity index (χ2n) is 28.3. The SMILES string of the molecule is c1ccc(-c2nc(-c3cccc(-c4cccc5oc6c(-c7nc(-c8cccc9c8sc8cccc(-c%10nc(-c%11ccccc%11)nc(-c%11ccccc%11)n%10)c89)nc8c7sc7ccccc78)cccc6c45)c3)nc(-c3cccc4sc5c(-c6nc(-c7ccc8c(c7)oc7ccccc78)c7sc8ccccc8c7n6)cccc5c34)n2)cc1. The summed E-state index contributed by atoms with van der Waals surface area (Å²) in [6.45, 7) is 0. The zero-order valence-corrected chi connectivity index (χ0v) is 63.2. The van der Waals surface area contributed by atoms with Gasteiger partial charge in [0.2, 0.25) is 0 Å². The maximum atomic E-state index is 7.21. The van der Waals surface area contributed by atoms with Crippen molar-refractivity contribution < 1.29 is 8.83 Å². The van der Waals surface area contributed by atoms with Crippen molar-refractivity contribution in [2.24, 2.45) is 0 Å². The molecule has 0 radical (unpaired) electrons. The monoisotopic (exact) mass is 1530 g/mol. The third kappa shape index (κ3) is 10.3. The zero-order valence-electron chi connectivity index (χ0n) is 59.9. The summed E-state index contributed by atoms with van der Waals surface area (Å²) in [4.78, 5) is 53.9. The third-order valence-electron chi connectivity index (χ3n) is 21.7. The minimum atomic E-state index is 0.541. The molecule has 10 heterocycles. The molecule has 12 nitrogen and oxygen atoms in total. The van der Waals surface area contributed by atoms with E-state index in [0.717, 1.165) is 203 Å². The van der Waals surface area contributed by atoms with Gasteiger partial charge in [-0.05, 0) is 83.9 Å². The van der Waals surface area contributed by atoms with Gasteiger partial charge < -0.3 is 8.83 Å². The maximum absolute atomic E-state index is 7.21. The Hall–Kier alpha value is -14.3. The highest BCUT2D eigenvalue weighted by Crippen LogP contribution is 2.51. The van der Waals surface area contributed by atoms with Crippen LogP contribution in [-0.2, 0) is 0 Å².